The molecule has 3 rings (SSSR count). The van der Waals surface area contributed by atoms with Gasteiger partial charge in [0.25, 0.3) is 11.2 Å². The fourth-order valence-electron chi connectivity index (χ4n) is 3.08. The van der Waals surface area contributed by atoms with Gasteiger partial charge in [-0.15, -0.1) is 0 Å². The molecule has 1 aromatic carbocycles. The number of pyridine rings is 1. The highest BCUT2D eigenvalue weighted by Crippen LogP contribution is 2.31. The molecule has 1 amide bonds. The minimum absolute atomic E-state index is 0.0743. The average Bonchev–Trinajstić information content (AvgIpc) is 2.92. The maximum Gasteiger partial charge on any atom is 0.287 e. The molecular formula is C17H14N4O4. The molecule has 0 saturated carbocycles. The molecule has 0 saturated heterocycles. The number of anilines is 1. The van der Waals surface area contributed by atoms with E-state index < -0.39 is 16.2 Å². The maximum atomic E-state index is 12.7. The highest BCUT2D eigenvalue weighted by molar-refractivity contribution is 5.96. The standard InChI is InChI=1S/C17H14N4O4/c1-11-6-12-4-2-3-5-15(12)20(11)16(22)10-19-9-14(21(24)25)7-13(8-18)17(19)23/h2-5,7,9,11H,6,10H2,1H3/t11-/m0/s1. The number of para-hydroxylation sites is 1. The van der Waals surface area contributed by atoms with Crippen molar-refractivity contribution in [1.29, 1.82) is 5.26 Å². The van der Waals surface area contributed by atoms with Gasteiger partial charge < -0.3 is 4.90 Å². The molecule has 0 N–H and O–H groups in total. The second-order valence-electron chi connectivity index (χ2n) is 5.86. The molecule has 1 aliphatic heterocycles. The zero-order valence-electron chi connectivity index (χ0n) is 13.4. The molecule has 0 fully saturated rings. The van der Waals surface area contributed by atoms with Crippen LogP contribution in [0.5, 0.6) is 0 Å². The Morgan fingerprint density at radius 2 is 2.16 bits per heavy atom. The summed E-state index contributed by atoms with van der Waals surface area (Å²) < 4.78 is 0.923. The van der Waals surface area contributed by atoms with Gasteiger partial charge in [0.15, 0.2) is 0 Å². The summed E-state index contributed by atoms with van der Waals surface area (Å²) in [6.07, 6.45) is 1.70. The highest BCUT2D eigenvalue weighted by Gasteiger charge is 2.31. The highest BCUT2D eigenvalue weighted by atomic mass is 16.6. The molecule has 0 bridgehead atoms. The molecule has 1 atom stereocenters. The van der Waals surface area contributed by atoms with Crippen LogP contribution in [0.4, 0.5) is 11.4 Å². The Morgan fingerprint density at radius 3 is 2.84 bits per heavy atom. The van der Waals surface area contributed by atoms with Gasteiger partial charge in [-0.3, -0.25) is 24.3 Å². The van der Waals surface area contributed by atoms with E-state index in [0.29, 0.717) is 6.42 Å². The monoisotopic (exact) mass is 338 g/mol. The summed E-state index contributed by atoms with van der Waals surface area (Å²) in [4.78, 5) is 36.8. The SMILES string of the molecule is C[C@H]1Cc2ccccc2N1C(=O)Cn1cc([N+](=O)[O-])cc(C#N)c1=O. The number of fused-ring (bicyclic) bond motifs is 1. The van der Waals surface area contributed by atoms with Crippen LogP contribution in [-0.4, -0.2) is 21.4 Å². The lowest BCUT2D eigenvalue weighted by Crippen LogP contribution is -2.40. The van der Waals surface area contributed by atoms with Gasteiger partial charge in [-0.1, -0.05) is 18.2 Å². The zero-order chi connectivity index (χ0) is 18.1. The summed E-state index contributed by atoms with van der Waals surface area (Å²) in [5.41, 5.74) is 0.323. The number of aromatic nitrogens is 1. The fraction of sp³-hybridized carbons (Fsp3) is 0.235. The number of carbonyl (C=O) groups is 1. The minimum atomic E-state index is -0.721. The summed E-state index contributed by atoms with van der Waals surface area (Å²) in [5, 5.41) is 20.0. The van der Waals surface area contributed by atoms with Gasteiger partial charge in [-0.25, -0.2) is 0 Å². The van der Waals surface area contributed by atoms with E-state index in [1.165, 1.54) is 0 Å². The van der Waals surface area contributed by atoms with Crippen molar-refractivity contribution < 1.29 is 9.72 Å². The zero-order valence-corrected chi connectivity index (χ0v) is 13.4. The van der Waals surface area contributed by atoms with Crippen LogP contribution in [0.1, 0.15) is 18.1 Å². The Labute approximate surface area is 142 Å². The van der Waals surface area contributed by atoms with E-state index in [-0.39, 0.29) is 24.1 Å². The first kappa shape index (κ1) is 16.4. The number of amides is 1. The third-order valence-corrected chi connectivity index (χ3v) is 4.18. The Balaban J connectivity index is 1.97. The quantitative estimate of drug-likeness (QED) is 0.624. The summed E-state index contributed by atoms with van der Waals surface area (Å²) in [5.74, 6) is -0.357. The van der Waals surface area contributed by atoms with Crippen LogP contribution in [0.2, 0.25) is 0 Å². The second kappa shape index (κ2) is 6.20. The van der Waals surface area contributed by atoms with Gasteiger partial charge >= 0.3 is 0 Å². The Hall–Kier alpha value is -3.47. The number of nitro groups is 1. The number of hydrogen-bond donors (Lipinski definition) is 0. The lowest BCUT2D eigenvalue weighted by atomic mass is 10.1. The van der Waals surface area contributed by atoms with Gasteiger partial charge in [0.05, 0.1) is 11.1 Å². The lowest BCUT2D eigenvalue weighted by molar-refractivity contribution is -0.385. The largest absolute Gasteiger partial charge is 0.307 e. The Bertz CT molecular complexity index is 973. The van der Waals surface area contributed by atoms with E-state index in [1.807, 2.05) is 31.2 Å². The average molecular weight is 338 g/mol. The number of benzene rings is 1. The van der Waals surface area contributed by atoms with E-state index in [2.05, 4.69) is 0 Å². The predicted molar refractivity (Wildman–Crippen MR) is 89.2 cm³/mol. The van der Waals surface area contributed by atoms with Crippen molar-refractivity contribution in [2.45, 2.75) is 25.9 Å². The normalized spacial score (nSPS) is 15.5. The van der Waals surface area contributed by atoms with Crippen LogP contribution in [0.3, 0.4) is 0 Å². The molecule has 2 aromatic rings. The van der Waals surface area contributed by atoms with Crippen molar-refractivity contribution in [3.05, 3.63) is 68.1 Å². The molecule has 0 aliphatic carbocycles. The van der Waals surface area contributed by atoms with Crippen LogP contribution >= 0.6 is 0 Å². The Morgan fingerprint density at radius 1 is 1.44 bits per heavy atom. The molecule has 8 heteroatoms. The minimum Gasteiger partial charge on any atom is -0.307 e. The molecule has 1 aromatic heterocycles. The van der Waals surface area contributed by atoms with Crippen molar-refractivity contribution in [1.82, 2.24) is 4.57 Å². The van der Waals surface area contributed by atoms with Crippen molar-refractivity contribution in [3.8, 4) is 6.07 Å². The third kappa shape index (κ3) is 2.87. The van der Waals surface area contributed by atoms with E-state index in [9.17, 15) is 19.7 Å². The van der Waals surface area contributed by atoms with E-state index >= 15 is 0 Å². The number of nitrogens with zero attached hydrogens (tertiary/aromatic N) is 4. The van der Waals surface area contributed by atoms with E-state index in [1.54, 1.807) is 11.0 Å². The second-order valence-corrected chi connectivity index (χ2v) is 5.86. The first-order valence-corrected chi connectivity index (χ1v) is 7.61. The van der Waals surface area contributed by atoms with E-state index in [0.717, 1.165) is 28.1 Å². The molecule has 0 unspecified atom stereocenters. The number of rotatable bonds is 3. The molecule has 8 nitrogen and oxygen atoms in total. The van der Waals surface area contributed by atoms with Crippen molar-refractivity contribution in [2.75, 3.05) is 4.90 Å². The molecule has 126 valence electrons. The van der Waals surface area contributed by atoms with Crippen LogP contribution in [0.15, 0.2) is 41.3 Å². The number of hydrogen-bond acceptors (Lipinski definition) is 5. The van der Waals surface area contributed by atoms with Crippen LogP contribution in [0, 0.1) is 21.4 Å². The van der Waals surface area contributed by atoms with Crippen LogP contribution in [0.25, 0.3) is 0 Å². The van der Waals surface area contributed by atoms with Crippen LogP contribution < -0.4 is 10.5 Å². The first-order valence-electron chi connectivity index (χ1n) is 7.61. The molecule has 25 heavy (non-hydrogen) atoms. The molecule has 0 radical (unpaired) electrons. The molecule has 0 spiro atoms. The van der Waals surface area contributed by atoms with Gasteiger partial charge in [-0.2, -0.15) is 5.26 Å². The van der Waals surface area contributed by atoms with Crippen molar-refractivity contribution >= 4 is 17.3 Å². The topological polar surface area (TPSA) is 109 Å². The van der Waals surface area contributed by atoms with Gasteiger partial charge in [0.1, 0.15) is 18.2 Å². The van der Waals surface area contributed by atoms with Crippen molar-refractivity contribution in [3.63, 3.8) is 0 Å². The maximum absolute atomic E-state index is 12.7. The van der Waals surface area contributed by atoms with Crippen LogP contribution in [-0.2, 0) is 17.8 Å². The van der Waals surface area contributed by atoms with Gasteiger partial charge in [0.2, 0.25) is 5.91 Å². The summed E-state index contributed by atoms with van der Waals surface area (Å²) in [7, 11) is 0. The fourth-order valence-corrected chi connectivity index (χ4v) is 3.08. The molecule has 2 heterocycles. The third-order valence-electron chi connectivity index (χ3n) is 4.18. The first-order chi connectivity index (χ1) is 11.9. The lowest BCUT2D eigenvalue weighted by Gasteiger charge is -2.23. The number of carbonyl (C=O) groups excluding carboxylic acids is 1. The molecular weight excluding hydrogens is 324 g/mol. The van der Waals surface area contributed by atoms with E-state index in [4.69, 9.17) is 5.26 Å². The summed E-state index contributed by atoms with van der Waals surface area (Å²) in [6.45, 7) is 1.53. The van der Waals surface area contributed by atoms with Gasteiger partial charge in [-0.05, 0) is 25.0 Å². The summed E-state index contributed by atoms with van der Waals surface area (Å²) >= 11 is 0. The smallest absolute Gasteiger partial charge is 0.287 e. The van der Waals surface area contributed by atoms with Crippen molar-refractivity contribution in [2.24, 2.45) is 0 Å². The summed E-state index contributed by atoms with van der Waals surface area (Å²) in [6, 6.07) is 9.96. The number of nitriles is 1. The molecule has 1 aliphatic rings. The van der Waals surface area contributed by atoms with Gasteiger partial charge in [0, 0.05) is 17.8 Å². The predicted octanol–water partition coefficient (Wildman–Crippen LogP) is 1.61. The Kier molecular flexibility index (Phi) is 4.07.